The molecule has 1 unspecified atom stereocenters. The maximum atomic E-state index is 12.1. The van der Waals surface area contributed by atoms with Crippen LogP contribution in [0.3, 0.4) is 0 Å². The van der Waals surface area contributed by atoms with E-state index in [4.69, 9.17) is 30.5 Å². The maximum Gasteiger partial charge on any atom is 0.472 e. The first kappa shape index (κ1) is 28.9. The van der Waals surface area contributed by atoms with Gasteiger partial charge in [0.15, 0.2) is 0 Å². The smallest absolute Gasteiger partial charge is 0.472 e. The molecule has 0 radical (unpaired) electrons. The van der Waals surface area contributed by atoms with Gasteiger partial charge in [-0.2, -0.15) is 0 Å². The zero-order valence-electron chi connectivity index (χ0n) is 19.4. The minimum atomic E-state index is -4.29. The average molecular weight is 495 g/mol. The van der Waals surface area contributed by atoms with Crippen molar-refractivity contribution in [2.45, 2.75) is 57.5 Å². The predicted octanol–water partition coefficient (Wildman–Crippen LogP) is 5.13. The molecule has 0 aliphatic carbocycles. The van der Waals surface area contributed by atoms with Gasteiger partial charge < -0.3 is 19.2 Å². The highest BCUT2D eigenvalue weighted by Crippen LogP contribution is 2.45. The van der Waals surface area contributed by atoms with Crippen molar-refractivity contribution in [3.8, 4) is 5.75 Å². The SMILES string of the molecule is C[N+](C)(C)C[C@@H](CC(=O)O)OP(=O)(O)OCCCCCCCCCOc1ccc(Cl)cc1. The molecule has 0 aliphatic heterocycles. The number of unbranched alkanes of at least 4 members (excludes halogenated alkanes) is 6. The van der Waals surface area contributed by atoms with Gasteiger partial charge in [0, 0.05) is 5.02 Å². The lowest BCUT2D eigenvalue weighted by molar-refractivity contribution is -0.873. The highest BCUT2D eigenvalue weighted by Gasteiger charge is 2.31. The summed E-state index contributed by atoms with van der Waals surface area (Å²) in [6.07, 6.45) is 5.56. The highest BCUT2D eigenvalue weighted by molar-refractivity contribution is 7.47. The summed E-state index contributed by atoms with van der Waals surface area (Å²) in [6.45, 7) is 1.07. The second kappa shape index (κ2) is 14.9. The number of carbonyl (C=O) groups is 1. The molecule has 0 heterocycles. The molecule has 1 aromatic rings. The van der Waals surface area contributed by atoms with Crippen molar-refractivity contribution in [2.75, 3.05) is 40.9 Å². The number of quaternary nitrogens is 1. The number of nitrogens with zero attached hydrogens (tertiary/aromatic N) is 1. The van der Waals surface area contributed by atoms with Crippen LogP contribution in [-0.2, 0) is 18.4 Å². The van der Waals surface area contributed by atoms with E-state index in [0.29, 0.717) is 22.5 Å². The average Bonchev–Trinajstić information content (AvgIpc) is 2.65. The number of benzene rings is 1. The summed E-state index contributed by atoms with van der Waals surface area (Å²) in [4.78, 5) is 20.9. The number of carboxylic acid groups (broad SMARTS) is 1. The monoisotopic (exact) mass is 494 g/mol. The number of hydrogen-bond acceptors (Lipinski definition) is 5. The summed E-state index contributed by atoms with van der Waals surface area (Å²) in [5.41, 5.74) is 0. The van der Waals surface area contributed by atoms with E-state index in [2.05, 4.69) is 0 Å². The second-order valence-corrected chi connectivity index (χ2v) is 10.7. The number of ether oxygens (including phenoxy) is 1. The van der Waals surface area contributed by atoms with Crippen LogP contribution in [0.25, 0.3) is 0 Å². The molecule has 32 heavy (non-hydrogen) atoms. The Morgan fingerprint density at radius 1 is 1.00 bits per heavy atom. The van der Waals surface area contributed by atoms with Crippen molar-refractivity contribution in [3.05, 3.63) is 29.3 Å². The third-order valence-corrected chi connectivity index (χ3v) is 5.89. The van der Waals surface area contributed by atoms with Gasteiger partial charge in [-0.15, -0.1) is 0 Å². The second-order valence-electron chi connectivity index (χ2n) is 8.88. The summed E-state index contributed by atoms with van der Waals surface area (Å²) in [7, 11) is 1.28. The number of phosphoric ester groups is 1. The molecular weight excluding hydrogens is 457 g/mol. The Balaban J connectivity index is 2.08. The first-order chi connectivity index (χ1) is 15.0. The Morgan fingerprint density at radius 3 is 2.06 bits per heavy atom. The molecule has 2 atom stereocenters. The van der Waals surface area contributed by atoms with Crippen LogP contribution >= 0.6 is 19.4 Å². The van der Waals surface area contributed by atoms with E-state index in [1.54, 1.807) is 0 Å². The number of likely N-dealkylation sites (N-methyl/N-ethyl adjacent to an activating group) is 1. The van der Waals surface area contributed by atoms with E-state index < -0.39 is 19.9 Å². The molecule has 0 aliphatic rings. The van der Waals surface area contributed by atoms with Crippen LogP contribution in [0, 0.1) is 0 Å². The van der Waals surface area contributed by atoms with Gasteiger partial charge in [0.2, 0.25) is 0 Å². The van der Waals surface area contributed by atoms with Gasteiger partial charge in [0.05, 0.1) is 40.8 Å². The number of halogens is 1. The van der Waals surface area contributed by atoms with E-state index in [9.17, 15) is 14.3 Å². The molecule has 2 N–H and O–H groups in total. The Morgan fingerprint density at radius 2 is 1.53 bits per heavy atom. The normalized spacial score (nSPS) is 14.7. The summed E-state index contributed by atoms with van der Waals surface area (Å²) in [6, 6.07) is 7.33. The van der Waals surface area contributed by atoms with E-state index in [1.807, 2.05) is 45.4 Å². The van der Waals surface area contributed by atoms with Gasteiger partial charge >= 0.3 is 13.8 Å². The number of rotatable bonds is 18. The van der Waals surface area contributed by atoms with E-state index in [0.717, 1.165) is 44.3 Å². The molecule has 0 saturated heterocycles. The molecule has 8 nitrogen and oxygen atoms in total. The highest BCUT2D eigenvalue weighted by atomic mass is 35.5. The molecule has 184 valence electrons. The molecule has 1 rings (SSSR count). The Kier molecular flexibility index (Phi) is 13.4. The van der Waals surface area contributed by atoms with E-state index in [-0.39, 0.29) is 19.6 Å². The third kappa shape index (κ3) is 15.6. The molecule has 0 aromatic heterocycles. The first-order valence-corrected chi connectivity index (χ1v) is 12.9. The fourth-order valence-corrected chi connectivity index (χ4v) is 4.21. The Labute approximate surface area is 196 Å². The van der Waals surface area contributed by atoms with Crippen LogP contribution < -0.4 is 4.74 Å². The predicted molar refractivity (Wildman–Crippen MR) is 125 cm³/mol. The first-order valence-electron chi connectivity index (χ1n) is 11.0. The molecule has 0 spiro atoms. The zero-order valence-corrected chi connectivity index (χ0v) is 21.0. The molecule has 0 saturated carbocycles. The third-order valence-electron chi connectivity index (χ3n) is 4.56. The van der Waals surface area contributed by atoms with Gasteiger partial charge in [0.1, 0.15) is 18.4 Å². The van der Waals surface area contributed by atoms with Crippen LogP contribution in [0.5, 0.6) is 5.75 Å². The Bertz CT molecular complexity index is 709. The lowest BCUT2D eigenvalue weighted by Crippen LogP contribution is -2.42. The number of hydrogen-bond donors (Lipinski definition) is 2. The van der Waals surface area contributed by atoms with E-state index in [1.165, 1.54) is 0 Å². The van der Waals surface area contributed by atoms with Gasteiger partial charge in [-0.1, -0.05) is 43.7 Å². The summed E-state index contributed by atoms with van der Waals surface area (Å²) in [5.74, 6) is -0.258. The lowest BCUT2D eigenvalue weighted by atomic mass is 10.1. The lowest BCUT2D eigenvalue weighted by Gasteiger charge is -2.29. The van der Waals surface area contributed by atoms with Gasteiger partial charge in [-0.25, -0.2) is 4.57 Å². The minimum Gasteiger partial charge on any atom is -0.494 e. The fourth-order valence-electron chi connectivity index (χ4n) is 3.15. The quantitative estimate of drug-likeness (QED) is 0.165. The largest absolute Gasteiger partial charge is 0.494 e. The Hall–Kier alpha value is -1.15. The zero-order chi connectivity index (χ0) is 24.0. The molecule has 1 aromatic carbocycles. The van der Waals surface area contributed by atoms with Crippen LogP contribution in [0.2, 0.25) is 5.02 Å². The van der Waals surface area contributed by atoms with Crippen molar-refractivity contribution in [1.29, 1.82) is 0 Å². The van der Waals surface area contributed by atoms with Gasteiger partial charge in [-0.3, -0.25) is 13.8 Å². The van der Waals surface area contributed by atoms with E-state index >= 15 is 0 Å². The fraction of sp³-hybridized carbons (Fsp3) is 0.682. The topological polar surface area (TPSA) is 102 Å². The number of aliphatic carboxylic acids is 1. The van der Waals surface area contributed by atoms with Crippen molar-refractivity contribution in [3.63, 3.8) is 0 Å². The van der Waals surface area contributed by atoms with Crippen LogP contribution in [0.1, 0.15) is 51.4 Å². The van der Waals surface area contributed by atoms with Crippen LogP contribution in [-0.4, -0.2) is 67.5 Å². The van der Waals surface area contributed by atoms with Crippen LogP contribution in [0.15, 0.2) is 24.3 Å². The summed E-state index contributed by atoms with van der Waals surface area (Å²) in [5, 5.41) is 9.69. The summed E-state index contributed by atoms with van der Waals surface area (Å²) >= 11 is 5.84. The van der Waals surface area contributed by atoms with Gasteiger partial charge in [0.25, 0.3) is 0 Å². The molecule has 0 fully saturated rings. The van der Waals surface area contributed by atoms with Crippen molar-refractivity contribution in [1.82, 2.24) is 0 Å². The van der Waals surface area contributed by atoms with Crippen molar-refractivity contribution >= 4 is 25.4 Å². The molecular formula is C22H38ClNO7P+. The standard InChI is InChI=1S/C22H37ClNO7P/c1-24(2,3)18-21(17-22(25)26)31-32(27,28)30-16-10-8-6-4-5-7-9-15-29-20-13-11-19(23)12-14-20/h11-14,21H,4-10,15-18H2,1-3H3,(H-,25,26,27,28)/p+1/t21-/m1/s1. The molecule has 0 amide bonds. The minimum absolute atomic E-state index is 0.104. The maximum absolute atomic E-state index is 12.1. The molecule has 0 bridgehead atoms. The van der Waals surface area contributed by atoms with Gasteiger partial charge in [-0.05, 0) is 37.1 Å². The van der Waals surface area contributed by atoms with Crippen molar-refractivity contribution < 1.29 is 37.6 Å². The van der Waals surface area contributed by atoms with Crippen LogP contribution in [0.4, 0.5) is 0 Å². The molecule has 10 heteroatoms. The summed E-state index contributed by atoms with van der Waals surface area (Å²) < 4.78 is 28.4. The van der Waals surface area contributed by atoms with Crippen molar-refractivity contribution in [2.24, 2.45) is 0 Å². The number of phosphoric acid groups is 1. The number of carboxylic acids is 1.